The lowest BCUT2D eigenvalue weighted by Crippen LogP contribution is -2.27. The summed E-state index contributed by atoms with van der Waals surface area (Å²) in [7, 11) is 0. The van der Waals surface area contributed by atoms with Gasteiger partial charge in [0.2, 0.25) is 5.91 Å². The average molecular weight is 364 g/mol. The van der Waals surface area contributed by atoms with E-state index in [9.17, 15) is 9.59 Å². The van der Waals surface area contributed by atoms with Crippen molar-refractivity contribution in [2.24, 2.45) is 0 Å². The zero-order valence-corrected chi connectivity index (χ0v) is 15.2. The summed E-state index contributed by atoms with van der Waals surface area (Å²) < 4.78 is 1.44. The normalized spacial score (nSPS) is 10.4. The Balaban J connectivity index is 1.80. The lowest BCUT2D eigenvalue weighted by atomic mass is 10.1. The molecular weight excluding hydrogens is 344 g/mol. The van der Waals surface area contributed by atoms with E-state index >= 15 is 0 Å². The molecule has 0 atom stereocenters. The topological polar surface area (TPSA) is 93.0 Å². The minimum atomic E-state index is -0.267. The molecular formula is C19H20N6O2. The summed E-state index contributed by atoms with van der Waals surface area (Å²) in [5, 5.41) is 14.0. The molecule has 0 saturated heterocycles. The van der Waals surface area contributed by atoms with Crippen LogP contribution >= 0.6 is 0 Å². The fraction of sp³-hybridized carbons (Fsp3) is 0.211. The largest absolute Gasteiger partial charge is 0.339 e. The maximum atomic E-state index is 12.8. The summed E-state index contributed by atoms with van der Waals surface area (Å²) >= 11 is 0. The van der Waals surface area contributed by atoms with Gasteiger partial charge in [0.1, 0.15) is 6.33 Å². The molecule has 0 aliphatic heterocycles. The Kier molecular flexibility index (Phi) is 5.55. The smallest absolute Gasteiger partial charge is 0.257 e. The van der Waals surface area contributed by atoms with Crippen LogP contribution in [0.2, 0.25) is 0 Å². The van der Waals surface area contributed by atoms with Gasteiger partial charge in [0.25, 0.3) is 5.91 Å². The molecule has 0 fully saturated rings. The molecule has 138 valence electrons. The molecule has 3 rings (SSSR count). The lowest BCUT2D eigenvalue weighted by molar-refractivity contribution is -0.129. The number of nitrogens with one attached hydrogen (secondary N) is 1. The first-order chi connectivity index (χ1) is 13.1. The van der Waals surface area contributed by atoms with Crippen molar-refractivity contribution < 1.29 is 9.59 Å². The van der Waals surface area contributed by atoms with Crippen LogP contribution in [0.5, 0.6) is 0 Å². The molecule has 0 bridgehead atoms. The molecule has 0 unspecified atom stereocenters. The Hall–Kier alpha value is -3.55. The lowest BCUT2D eigenvalue weighted by Gasteiger charge is -2.19. The van der Waals surface area contributed by atoms with Crippen LogP contribution in [0.25, 0.3) is 5.69 Å². The molecule has 1 heterocycles. The highest BCUT2D eigenvalue weighted by molar-refractivity contribution is 6.06. The number of amides is 2. The molecule has 0 saturated carbocycles. The van der Waals surface area contributed by atoms with E-state index in [-0.39, 0.29) is 11.8 Å². The van der Waals surface area contributed by atoms with Crippen LogP contribution in [0.4, 0.5) is 5.69 Å². The van der Waals surface area contributed by atoms with Gasteiger partial charge in [0.05, 0.1) is 11.3 Å². The number of carbonyl (C=O) groups is 2. The number of aromatic nitrogens is 4. The molecule has 0 aliphatic carbocycles. The number of hydrogen-bond donors (Lipinski definition) is 1. The Bertz CT molecular complexity index is 939. The number of hydrogen-bond acceptors (Lipinski definition) is 5. The van der Waals surface area contributed by atoms with E-state index in [1.54, 1.807) is 30.0 Å². The molecule has 0 spiro atoms. The van der Waals surface area contributed by atoms with E-state index in [1.807, 2.05) is 37.3 Å². The maximum Gasteiger partial charge on any atom is 0.257 e. The van der Waals surface area contributed by atoms with Gasteiger partial charge < -0.3 is 10.2 Å². The summed E-state index contributed by atoms with van der Waals surface area (Å²) in [6.07, 6.45) is 1.44. The Morgan fingerprint density at radius 3 is 2.67 bits per heavy atom. The Morgan fingerprint density at radius 1 is 1.15 bits per heavy atom. The number of anilines is 1. The van der Waals surface area contributed by atoms with Gasteiger partial charge in [-0.25, -0.2) is 0 Å². The first-order valence-electron chi connectivity index (χ1n) is 8.56. The SMILES string of the molecule is CCN(Cc1cccc(NC(=O)c2ccccc2-n2cnnn2)c1)C(C)=O. The highest BCUT2D eigenvalue weighted by atomic mass is 16.2. The number of benzene rings is 2. The molecule has 0 aliphatic rings. The minimum absolute atomic E-state index is 0.0160. The van der Waals surface area contributed by atoms with Crippen LogP contribution < -0.4 is 5.32 Å². The van der Waals surface area contributed by atoms with E-state index in [1.165, 1.54) is 11.0 Å². The van der Waals surface area contributed by atoms with Gasteiger partial charge in [-0.15, -0.1) is 5.10 Å². The monoisotopic (exact) mass is 364 g/mol. The van der Waals surface area contributed by atoms with Gasteiger partial charge in [-0.2, -0.15) is 4.68 Å². The van der Waals surface area contributed by atoms with Crippen LogP contribution in [-0.4, -0.2) is 43.5 Å². The van der Waals surface area contributed by atoms with Crippen LogP contribution in [0, 0.1) is 0 Å². The number of tetrazole rings is 1. The van der Waals surface area contributed by atoms with E-state index in [2.05, 4.69) is 20.8 Å². The summed E-state index contributed by atoms with van der Waals surface area (Å²) in [5.74, 6) is -0.250. The summed E-state index contributed by atoms with van der Waals surface area (Å²) in [6, 6.07) is 14.5. The van der Waals surface area contributed by atoms with Crippen molar-refractivity contribution in [1.29, 1.82) is 0 Å². The van der Waals surface area contributed by atoms with Crippen LogP contribution in [0.3, 0.4) is 0 Å². The predicted octanol–water partition coefficient (Wildman–Crippen LogP) is 2.28. The zero-order valence-electron chi connectivity index (χ0n) is 15.2. The quantitative estimate of drug-likeness (QED) is 0.724. The van der Waals surface area contributed by atoms with Crippen molar-refractivity contribution in [3.05, 3.63) is 66.0 Å². The van der Waals surface area contributed by atoms with E-state index in [0.29, 0.717) is 30.0 Å². The van der Waals surface area contributed by atoms with Gasteiger partial charge in [0.15, 0.2) is 0 Å². The van der Waals surface area contributed by atoms with Gasteiger partial charge in [0, 0.05) is 25.7 Å². The average Bonchev–Trinajstić information content (AvgIpc) is 3.21. The summed E-state index contributed by atoms with van der Waals surface area (Å²) in [6.45, 7) is 4.61. The third-order valence-electron chi connectivity index (χ3n) is 4.13. The minimum Gasteiger partial charge on any atom is -0.339 e. The molecule has 2 aromatic carbocycles. The number of carbonyl (C=O) groups excluding carboxylic acids is 2. The molecule has 8 nitrogen and oxygen atoms in total. The molecule has 0 radical (unpaired) electrons. The second-order valence-electron chi connectivity index (χ2n) is 5.96. The van der Waals surface area contributed by atoms with E-state index < -0.39 is 0 Å². The van der Waals surface area contributed by atoms with Crippen molar-refractivity contribution in [3.63, 3.8) is 0 Å². The summed E-state index contributed by atoms with van der Waals surface area (Å²) in [5.41, 5.74) is 2.64. The van der Waals surface area contributed by atoms with Gasteiger partial charge in [-0.1, -0.05) is 24.3 Å². The van der Waals surface area contributed by atoms with E-state index in [4.69, 9.17) is 0 Å². The number of rotatable bonds is 6. The van der Waals surface area contributed by atoms with Crippen molar-refractivity contribution in [2.45, 2.75) is 20.4 Å². The first kappa shape index (κ1) is 18.2. The van der Waals surface area contributed by atoms with Crippen LogP contribution in [0.15, 0.2) is 54.9 Å². The Morgan fingerprint density at radius 2 is 1.96 bits per heavy atom. The van der Waals surface area contributed by atoms with Crippen molar-refractivity contribution in [1.82, 2.24) is 25.1 Å². The molecule has 1 N–H and O–H groups in total. The number of para-hydroxylation sites is 1. The van der Waals surface area contributed by atoms with Gasteiger partial charge in [-0.3, -0.25) is 9.59 Å². The molecule has 3 aromatic rings. The zero-order chi connectivity index (χ0) is 19.2. The molecule has 1 aromatic heterocycles. The number of nitrogens with zero attached hydrogens (tertiary/aromatic N) is 5. The highest BCUT2D eigenvalue weighted by Gasteiger charge is 2.14. The highest BCUT2D eigenvalue weighted by Crippen LogP contribution is 2.17. The predicted molar refractivity (Wildman–Crippen MR) is 100 cm³/mol. The maximum absolute atomic E-state index is 12.8. The van der Waals surface area contributed by atoms with Gasteiger partial charge >= 0.3 is 0 Å². The first-order valence-corrected chi connectivity index (χ1v) is 8.56. The fourth-order valence-electron chi connectivity index (χ4n) is 2.75. The standard InChI is InChI=1S/C19H20N6O2/c1-3-24(14(2)26)12-15-7-6-8-16(11-15)21-19(27)17-9-4-5-10-18(17)25-13-20-22-23-25/h4-11,13H,3,12H2,1-2H3,(H,21,27). The Labute approximate surface area is 156 Å². The second kappa shape index (κ2) is 8.22. The van der Waals surface area contributed by atoms with Crippen molar-refractivity contribution in [3.8, 4) is 5.69 Å². The second-order valence-corrected chi connectivity index (χ2v) is 5.96. The van der Waals surface area contributed by atoms with Gasteiger partial charge in [-0.05, 0) is 47.2 Å². The third-order valence-corrected chi connectivity index (χ3v) is 4.13. The van der Waals surface area contributed by atoms with Crippen molar-refractivity contribution in [2.75, 3.05) is 11.9 Å². The third kappa shape index (κ3) is 4.35. The molecule has 2 amide bonds. The van der Waals surface area contributed by atoms with Crippen LogP contribution in [-0.2, 0) is 11.3 Å². The molecule has 27 heavy (non-hydrogen) atoms. The molecule has 8 heteroatoms. The van der Waals surface area contributed by atoms with Crippen LogP contribution in [0.1, 0.15) is 29.8 Å². The summed E-state index contributed by atoms with van der Waals surface area (Å²) in [4.78, 5) is 26.1. The fourth-order valence-corrected chi connectivity index (χ4v) is 2.75. The van der Waals surface area contributed by atoms with E-state index in [0.717, 1.165) is 5.56 Å². The van der Waals surface area contributed by atoms with Crippen molar-refractivity contribution >= 4 is 17.5 Å².